The van der Waals surface area contributed by atoms with Gasteiger partial charge in [0.1, 0.15) is 5.82 Å². The second-order valence-electron chi connectivity index (χ2n) is 12.1. The lowest BCUT2D eigenvalue weighted by Gasteiger charge is -2.35. The Morgan fingerprint density at radius 1 is 1.05 bits per heavy atom. The maximum Gasteiger partial charge on any atom is 0.168 e. The van der Waals surface area contributed by atoms with Gasteiger partial charge in [0.05, 0.1) is 22.2 Å². The first kappa shape index (κ1) is 30.4. The number of halogens is 2. The highest BCUT2D eigenvalue weighted by atomic mass is 35.5. The Balaban J connectivity index is 1.34. The molecule has 8 nitrogen and oxygen atoms in total. The van der Waals surface area contributed by atoms with Gasteiger partial charge in [-0.1, -0.05) is 25.4 Å². The van der Waals surface area contributed by atoms with E-state index in [0.29, 0.717) is 60.6 Å². The number of pyridine rings is 2. The molecule has 41 heavy (non-hydrogen) atoms. The smallest absolute Gasteiger partial charge is 0.168 e. The predicted molar refractivity (Wildman–Crippen MR) is 163 cm³/mol. The second-order valence-corrected chi connectivity index (χ2v) is 14.7. The molecule has 4 heterocycles. The van der Waals surface area contributed by atoms with E-state index in [1.807, 2.05) is 19.9 Å². The average molecular weight is 608 g/mol. The zero-order valence-electron chi connectivity index (χ0n) is 24.4. The fourth-order valence-corrected chi connectivity index (χ4v) is 8.39. The van der Waals surface area contributed by atoms with Crippen LogP contribution in [0.5, 0.6) is 0 Å². The van der Waals surface area contributed by atoms with Gasteiger partial charge < -0.3 is 20.7 Å². The maximum atomic E-state index is 15.8. The van der Waals surface area contributed by atoms with Gasteiger partial charge in [0.25, 0.3) is 0 Å². The van der Waals surface area contributed by atoms with Crippen LogP contribution in [0.4, 0.5) is 16.0 Å². The highest BCUT2D eigenvalue weighted by Gasteiger charge is 2.32. The number of nitrogens with zero attached hydrogens (tertiary/aromatic N) is 2. The monoisotopic (exact) mass is 607 g/mol. The molecule has 1 aliphatic carbocycles. The van der Waals surface area contributed by atoms with E-state index in [4.69, 9.17) is 21.3 Å². The molecule has 0 radical (unpaired) electrons. The molecule has 0 amide bonds. The SMILES string of the molecule is CCc1c(-c2cc(NC3CCC(NC4CCS(=O)(=O)C4)CC3)ncc2Cl)nc(NC2(C)CCOCC2)c(F)c1CC. The van der Waals surface area contributed by atoms with Gasteiger partial charge in [0.15, 0.2) is 21.5 Å². The van der Waals surface area contributed by atoms with E-state index in [9.17, 15) is 8.42 Å². The molecule has 2 aromatic rings. The molecule has 1 unspecified atom stereocenters. The van der Waals surface area contributed by atoms with Gasteiger partial charge in [0.2, 0.25) is 0 Å². The molecule has 226 valence electrons. The number of sulfone groups is 1. The van der Waals surface area contributed by atoms with Crippen LogP contribution in [-0.2, 0) is 27.4 Å². The number of anilines is 2. The van der Waals surface area contributed by atoms with Gasteiger partial charge in [-0.3, -0.25) is 0 Å². The summed E-state index contributed by atoms with van der Waals surface area (Å²) in [5.74, 6) is 1.25. The van der Waals surface area contributed by atoms with E-state index in [1.165, 1.54) is 0 Å². The zero-order valence-corrected chi connectivity index (χ0v) is 25.9. The van der Waals surface area contributed by atoms with Crippen molar-refractivity contribution < 1.29 is 17.5 Å². The van der Waals surface area contributed by atoms with E-state index in [-0.39, 0.29) is 35.0 Å². The van der Waals surface area contributed by atoms with Crippen LogP contribution < -0.4 is 16.0 Å². The van der Waals surface area contributed by atoms with Crippen LogP contribution in [0.2, 0.25) is 5.02 Å². The molecular formula is C30H43ClFN5O3S. The van der Waals surface area contributed by atoms with Crippen molar-refractivity contribution in [2.75, 3.05) is 35.4 Å². The fraction of sp³-hybridized carbons (Fsp3) is 0.667. The Hall–Kier alpha value is -2.01. The van der Waals surface area contributed by atoms with Crippen LogP contribution in [0.1, 0.15) is 76.8 Å². The molecule has 2 aliphatic heterocycles. The number of hydrogen-bond acceptors (Lipinski definition) is 8. The lowest BCUT2D eigenvalue weighted by molar-refractivity contribution is 0.0656. The molecule has 0 bridgehead atoms. The summed E-state index contributed by atoms with van der Waals surface area (Å²) >= 11 is 6.72. The lowest BCUT2D eigenvalue weighted by atomic mass is 9.90. The molecule has 5 rings (SSSR count). The molecule has 3 fully saturated rings. The number of ether oxygens (including phenoxy) is 1. The third-order valence-corrected chi connectivity index (χ3v) is 11.0. The standard InChI is InChI=1S/C30H43ClFN5O3S/c1-4-22-23(5-2)28(36-29(27(22)32)37-30(3)11-13-40-14-12-30)24-16-26(33-17-25(24)31)35-20-8-6-19(7-9-20)34-21-10-15-41(38,39)18-21/h16-17,19-21,34H,4-15,18H2,1-3H3,(H,33,35)(H,36,37). The highest BCUT2D eigenvalue weighted by Crippen LogP contribution is 2.37. The van der Waals surface area contributed by atoms with Crippen LogP contribution in [0.15, 0.2) is 12.3 Å². The van der Waals surface area contributed by atoms with Gasteiger partial charge in [-0.15, -0.1) is 0 Å². The van der Waals surface area contributed by atoms with Gasteiger partial charge in [-0.25, -0.2) is 22.8 Å². The van der Waals surface area contributed by atoms with Crippen molar-refractivity contribution in [2.24, 2.45) is 0 Å². The van der Waals surface area contributed by atoms with Crippen molar-refractivity contribution >= 4 is 33.1 Å². The van der Waals surface area contributed by atoms with E-state index in [0.717, 1.165) is 55.5 Å². The number of nitrogens with one attached hydrogen (secondary N) is 3. The first-order chi connectivity index (χ1) is 19.6. The van der Waals surface area contributed by atoms with E-state index < -0.39 is 9.84 Å². The molecule has 2 saturated heterocycles. The summed E-state index contributed by atoms with van der Waals surface area (Å²) in [6.07, 6.45) is 8.98. The Morgan fingerprint density at radius 3 is 2.37 bits per heavy atom. The summed E-state index contributed by atoms with van der Waals surface area (Å²) in [4.78, 5) is 9.42. The van der Waals surface area contributed by atoms with Gasteiger partial charge in [-0.2, -0.15) is 0 Å². The molecule has 0 aromatic carbocycles. The molecule has 1 saturated carbocycles. The highest BCUT2D eigenvalue weighted by molar-refractivity contribution is 7.91. The minimum absolute atomic E-state index is 0.0763. The maximum absolute atomic E-state index is 15.8. The quantitative estimate of drug-likeness (QED) is 0.341. The third-order valence-electron chi connectivity index (χ3n) is 8.96. The van der Waals surface area contributed by atoms with Crippen LogP contribution in [0.25, 0.3) is 11.3 Å². The van der Waals surface area contributed by atoms with Crippen molar-refractivity contribution in [3.8, 4) is 11.3 Å². The van der Waals surface area contributed by atoms with Gasteiger partial charge >= 0.3 is 0 Å². The number of aromatic nitrogens is 2. The summed E-state index contributed by atoms with van der Waals surface area (Å²) in [5, 5.41) is 11.1. The Bertz CT molecular complexity index is 1340. The van der Waals surface area contributed by atoms with Crippen molar-refractivity contribution in [1.29, 1.82) is 0 Å². The topological polar surface area (TPSA) is 105 Å². The molecule has 11 heteroatoms. The van der Waals surface area contributed by atoms with Crippen molar-refractivity contribution in [2.45, 2.75) is 102 Å². The minimum Gasteiger partial charge on any atom is -0.381 e. The fourth-order valence-electron chi connectivity index (χ4n) is 6.51. The molecule has 3 N–H and O–H groups in total. The van der Waals surface area contributed by atoms with Crippen molar-refractivity contribution in [3.05, 3.63) is 34.2 Å². The Labute approximate surface area is 248 Å². The van der Waals surface area contributed by atoms with E-state index in [1.54, 1.807) is 6.20 Å². The van der Waals surface area contributed by atoms with E-state index in [2.05, 4.69) is 27.9 Å². The van der Waals surface area contributed by atoms with Crippen LogP contribution in [-0.4, -0.2) is 66.8 Å². The number of rotatable bonds is 9. The van der Waals surface area contributed by atoms with Gasteiger partial charge in [-0.05, 0) is 81.9 Å². The summed E-state index contributed by atoms with van der Waals surface area (Å²) in [6.45, 7) is 7.36. The molecule has 2 aromatic heterocycles. The molecule has 1 atom stereocenters. The molecular weight excluding hydrogens is 565 g/mol. The second kappa shape index (κ2) is 12.7. The summed E-state index contributed by atoms with van der Waals surface area (Å²) in [5.41, 5.74) is 2.68. The van der Waals surface area contributed by atoms with E-state index >= 15 is 4.39 Å². The first-order valence-corrected chi connectivity index (χ1v) is 17.3. The summed E-state index contributed by atoms with van der Waals surface area (Å²) in [7, 11) is -2.88. The van der Waals surface area contributed by atoms with Crippen molar-refractivity contribution in [3.63, 3.8) is 0 Å². The Kier molecular flexibility index (Phi) is 9.43. The van der Waals surface area contributed by atoms with Crippen molar-refractivity contribution in [1.82, 2.24) is 15.3 Å². The normalized spacial score (nSPS) is 25.6. The Morgan fingerprint density at radius 2 is 1.73 bits per heavy atom. The average Bonchev–Trinajstić information content (AvgIpc) is 3.29. The third kappa shape index (κ3) is 7.14. The number of hydrogen-bond donors (Lipinski definition) is 3. The molecule has 3 aliphatic rings. The summed E-state index contributed by atoms with van der Waals surface area (Å²) in [6, 6.07) is 2.61. The van der Waals surface area contributed by atoms with Crippen LogP contribution in [0, 0.1) is 5.82 Å². The lowest BCUT2D eigenvalue weighted by Crippen LogP contribution is -2.43. The first-order valence-electron chi connectivity index (χ1n) is 15.1. The van der Waals surface area contributed by atoms with Gasteiger partial charge in [0, 0.05) is 48.6 Å². The largest absolute Gasteiger partial charge is 0.381 e. The molecule has 0 spiro atoms. The van der Waals surface area contributed by atoms with Crippen LogP contribution >= 0.6 is 11.6 Å². The summed E-state index contributed by atoms with van der Waals surface area (Å²) < 4.78 is 44.9. The zero-order chi connectivity index (χ0) is 29.2. The predicted octanol–water partition coefficient (Wildman–Crippen LogP) is 5.54. The minimum atomic E-state index is -2.88. The van der Waals surface area contributed by atoms with Crippen LogP contribution in [0.3, 0.4) is 0 Å².